The standard InChI is InChI=1S/C12H17BrS/c1-12(2,3)9-4-5-10-8(6-9)7-11(13)14-10/h7,9H,4-6H2,1-3H3. The molecule has 0 bridgehead atoms. The van der Waals surface area contributed by atoms with Gasteiger partial charge in [-0.15, -0.1) is 11.3 Å². The van der Waals surface area contributed by atoms with Gasteiger partial charge in [-0.05, 0) is 58.2 Å². The zero-order valence-electron chi connectivity index (χ0n) is 9.06. The minimum Gasteiger partial charge on any atom is -0.133 e. The smallest absolute Gasteiger partial charge is 0.0704 e. The van der Waals surface area contributed by atoms with Crippen molar-refractivity contribution in [2.75, 3.05) is 0 Å². The molecule has 1 aliphatic carbocycles. The Labute approximate surface area is 98.9 Å². The fourth-order valence-corrected chi connectivity index (χ4v) is 4.02. The largest absolute Gasteiger partial charge is 0.133 e. The summed E-state index contributed by atoms with van der Waals surface area (Å²) in [7, 11) is 0. The summed E-state index contributed by atoms with van der Waals surface area (Å²) in [5, 5.41) is 0. The fourth-order valence-electron chi connectivity index (χ4n) is 2.23. The molecule has 0 saturated carbocycles. The molecular formula is C12H17BrS. The summed E-state index contributed by atoms with van der Waals surface area (Å²) in [5.74, 6) is 0.858. The molecule has 2 heteroatoms. The molecule has 0 amide bonds. The Morgan fingerprint density at radius 3 is 2.79 bits per heavy atom. The highest BCUT2D eigenvalue weighted by Crippen LogP contribution is 2.41. The maximum atomic E-state index is 3.58. The van der Waals surface area contributed by atoms with Gasteiger partial charge in [0.25, 0.3) is 0 Å². The zero-order valence-corrected chi connectivity index (χ0v) is 11.5. The number of aryl methyl sites for hydroxylation is 1. The molecule has 0 N–H and O–H groups in total. The number of hydrogen-bond donors (Lipinski definition) is 0. The van der Waals surface area contributed by atoms with E-state index in [2.05, 4.69) is 42.8 Å². The molecular weight excluding hydrogens is 256 g/mol. The van der Waals surface area contributed by atoms with Crippen molar-refractivity contribution in [2.45, 2.75) is 40.0 Å². The van der Waals surface area contributed by atoms with Gasteiger partial charge in [-0.25, -0.2) is 0 Å². The summed E-state index contributed by atoms with van der Waals surface area (Å²) in [4.78, 5) is 1.61. The second kappa shape index (κ2) is 3.64. The topological polar surface area (TPSA) is 0 Å². The van der Waals surface area contributed by atoms with E-state index in [0.29, 0.717) is 5.41 Å². The lowest BCUT2D eigenvalue weighted by atomic mass is 9.72. The highest BCUT2D eigenvalue weighted by Gasteiger charge is 2.29. The fraction of sp³-hybridized carbons (Fsp3) is 0.667. The van der Waals surface area contributed by atoms with Crippen molar-refractivity contribution in [1.29, 1.82) is 0 Å². The Hall–Kier alpha value is 0.180. The normalized spacial score (nSPS) is 22.1. The monoisotopic (exact) mass is 272 g/mol. The zero-order chi connectivity index (χ0) is 10.3. The first kappa shape index (κ1) is 10.7. The average Bonchev–Trinajstić information content (AvgIpc) is 2.41. The molecule has 0 radical (unpaired) electrons. The molecule has 0 nitrogen and oxygen atoms in total. The first-order chi connectivity index (χ1) is 6.47. The minimum absolute atomic E-state index is 0.464. The summed E-state index contributed by atoms with van der Waals surface area (Å²) >= 11 is 5.50. The predicted octanol–water partition coefficient (Wildman–Crippen LogP) is 4.66. The van der Waals surface area contributed by atoms with Crippen LogP contribution in [0.3, 0.4) is 0 Å². The Morgan fingerprint density at radius 1 is 1.43 bits per heavy atom. The van der Waals surface area contributed by atoms with Crippen LogP contribution in [-0.2, 0) is 12.8 Å². The summed E-state index contributed by atoms with van der Waals surface area (Å²) in [6.07, 6.45) is 3.93. The van der Waals surface area contributed by atoms with Crippen LogP contribution in [0.2, 0.25) is 0 Å². The first-order valence-corrected chi connectivity index (χ1v) is 6.85. The number of hydrogen-bond acceptors (Lipinski definition) is 1. The van der Waals surface area contributed by atoms with Crippen LogP contribution in [0.4, 0.5) is 0 Å². The summed E-state index contributed by atoms with van der Waals surface area (Å²) < 4.78 is 1.30. The van der Waals surface area contributed by atoms with Crippen LogP contribution in [0.5, 0.6) is 0 Å². The molecule has 0 aromatic carbocycles. The lowest BCUT2D eigenvalue weighted by molar-refractivity contribution is 0.217. The van der Waals surface area contributed by atoms with Crippen molar-refractivity contribution >= 4 is 27.3 Å². The van der Waals surface area contributed by atoms with E-state index in [9.17, 15) is 0 Å². The van der Waals surface area contributed by atoms with Crippen molar-refractivity contribution in [1.82, 2.24) is 0 Å². The Balaban J connectivity index is 2.21. The summed E-state index contributed by atoms with van der Waals surface area (Å²) in [6, 6.07) is 2.32. The van der Waals surface area contributed by atoms with Gasteiger partial charge in [0.2, 0.25) is 0 Å². The lowest BCUT2D eigenvalue weighted by Crippen LogP contribution is -2.26. The van der Waals surface area contributed by atoms with E-state index in [0.717, 1.165) is 5.92 Å². The Kier molecular flexibility index (Phi) is 2.78. The summed E-state index contributed by atoms with van der Waals surface area (Å²) in [6.45, 7) is 7.10. The average molecular weight is 273 g/mol. The lowest BCUT2D eigenvalue weighted by Gasteiger charge is -2.33. The molecule has 0 fully saturated rings. The van der Waals surface area contributed by atoms with Gasteiger partial charge in [-0.2, -0.15) is 0 Å². The van der Waals surface area contributed by atoms with Crippen molar-refractivity contribution in [3.8, 4) is 0 Å². The molecule has 1 atom stereocenters. The van der Waals surface area contributed by atoms with Crippen LogP contribution in [0, 0.1) is 11.3 Å². The molecule has 1 heterocycles. The van der Waals surface area contributed by atoms with Crippen LogP contribution >= 0.6 is 27.3 Å². The van der Waals surface area contributed by atoms with Gasteiger partial charge in [-0.1, -0.05) is 20.8 Å². The van der Waals surface area contributed by atoms with Gasteiger partial charge >= 0.3 is 0 Å². The van der Waals surface area contributed by atoms with E-state index in [1.54, 1.807) is 10.4 Å². The minimum atomic E-state index is 0.464. The van der Waals surface area contributed by atoms with Crippen molar-refractivity contribution in [3.63, 3.8) is 0 Å². The van der Waals surface area contributed by atoms with Crippen LogP contribution in [-0.4, -0.2) is 0 Å². The molecule has 1 aromatic rings. The maximum absolute atomic E-state index is 3.58. The molecule has 78 valence electrons. The summed E-state index contributed by atoms with van der Waals surface area (Å²) in [5.41, 5.74) is 2.06. The van der Waals surface area contributed by atoms with Crippen LogP contribution in [0.1, 0.15) is 37.6 Å². The van der Waals surface area contributed by atoms with E-state index in [-0.39, 0.29) is 0 Å². The van der Waals surface area contributed by atoms with Gasteiger partial charge in [0.15, 0.2) is 0 Å². The number of fused-ring (bicyclic) bond motifs is 1. The van der Waals surface area contributed by atoms with Crippen LogP contribution in [0.15, 0.2) is 9.85 Å². The molecule has 0 spiro atoms. The maximum Gasteiger partial charge on any atom is 0.0704 e. The van der Waals surface area contributed by atoms with Crippen molar-refractivity contribution in [2.24, 2.45) is 11.3 Å². The number of thiophene rings is 1. The number of halogens is 1. The molecule has 14 heavy (non-hydrogen) atoms. The van der Waals surface area contributed by atoms with Crippen molar-refractivity contribution < 1.29 is 0 Å². The van der Waals surface area contributed by atoms with Crippen LogP contribution in [0.25, 0.3) is 0 Å². The molecule has 1 aromatic heterocycles. The van der Waals surface area contributed by atoms with Crippen molar-refractivity contribution in [3.05, 3.63) is 20.3 Å². The predicted molar refractivity (Wildman–Crippen MR) is 67.0 cm³/mol. The molecule has 1 aliphatic rings. The molecule has 1 unspecified atom stereocenters. The molecule has 2 rings (SSSR count). The van der Waals surface area contributed by atoms with E-state index in [1.807, 2.05) is 11.3 Å². The van der Waals surface area contributed by atoms with Gasteiger partial charge < -0.3 is 0 Å². The highest BCUT2D eigenvalue weighted by molar-refractivity contribution is 9.11. The third-order valence-electron chi connectivity index (χ3n) is 3.28. The third kappa shape index (κ3) is 2.06. The van der Waals surface area contributed by atoms with Gasteiger partial charge in [-0.3, -0.25) is 0 Å². The van der Waals surface area contributed by atoms with E-state index >= 15 is 0 Å². The second-order valence-corrected chi connectivity index (χ2v) is 7.82. The Morgan fingerprint density at radius 2 is 2.14 bits per heavy atom. The van der Waals surface area contributed by atoms with Crippen LogP contribution < -0.4 is 0 Å². The van der Waals surface area contributed by atoms with E-state index < -0.39 is 0 Å². The molecule has 0 aliphatic heterocycles. The Bertz CT molecular complexity index is 333. The van der Waals surface area contributed by atoms with E-state index in [4.69, 9.17) is 0 Å². The third-order valence-corrected chi connectivity index (χ3v) is 5.02. The van der Waals surface area contributed by atoms with Gasteiger partial charge in [0, 0.05) is 4.88 Å². The SMILES string of the molecule is CC(C)(C)C1CCc2sc(Br)cc2C1. The second-order valence-electron chi connectivity index (χ2n) is 5.30. The quantitative estimate of drug-likeness (QED) is 0.644. The highest BCUT2D eigenvalue weighted by atomic mass is 79.9. The number of rotatable bonds is 0. The van der Waals surface area contributed by atoms with Gasteiger partial charge in [0.05, 0.1) is 3.79 Å². The first-order valence-electron chi connectivity index (χ1n) is 5.24. The molecule has 0 saturated heterocycles. The van der Waals surface area contributed by atoms with Gasteiger partial charge in [0.1, 0.15) is 0 Å². The van der Waals surface area contributed by atoms with E-state index in [1.165, 1.54) is 23.0 Å².